The fraction of sp³-hybridized carbons (Fsp3) is 0.775. The van der Waals surface area contributed by atoms with Gasteiger partial charge < -0.3 is 90.2 Å². The van der Waals surface area contributed by atoms with E-state index in [1.807, 2.05) is 24.3 Å². The lowest BCUT2D eigenvalue weighted by molar-refractivity contribution is -0.142. The fourth-order valence-electron chi connectivity index (χ4n) is 11.5. The third-order valence-electron chi connectivity index (χ3n) is 17.8. The van der Waals surface area contributed by atoms with Gasteiger partial charge >= 0.3 is 23.9 Å². The largest absolute Gasteiger partial charge is 0.481 e. The van der Waals surface area contributed by atoms with E-state index in [1.165, 1.54) is 70.6 Å². The Morgan fingerprint density at radius 2 is 0.573 bits per heavy atom. The van der Waals surface area contributed by atoms with Crippen molar-refractivity contribution in [1.29, 1.82) is 0 Å². The third-order valence-corrected chi connectivity index (χ3v) is 17.8. The maximum atomic E-state index is 12.4. The topological polar surface area (TPSA) is 432 Å². The van der Waals surface area contributed by atoms with Crippen molar-refractivity contribution in [2.45, 2.75) is 275 Å². The normalized spacial score (nSPS) is 11.7. The Kier molecular flexibility index (Phi) is 67.4. The van der Waals surface area contributed by atoms with Gasteiger partial charge in [-0.05, 0) is 62.5 Å². The summed E-state index contributed by atoms with van der Waals surface area (Å²) < 4.78 is 43.4. The van der Waals surface area contributed by atoms with Gasteiger partial charge in [-0.2, -0.15) is 0 Å². The first-order valence-electron chi connectivity index (χ1n) is 40.6. The summed E-state index contributed by atoms with van der Waals surface area (Å²) in [5, 5.41) is 52.5. The second kappa shape index (κ2) is 73.4. The summed E-state index contributed by atoms with van der Waals surface area (Å²) in [5.41, 5.74) is 1.82. The minimum absolute atomic E-state index is 0.0163. The van der Waals surface area contributed by atoms with E-state index < -0.39 is 36.0 Å². The van der Waals surface area contributed by atoms with E-state index in [2.05, 4.69) is 31.9 Å². The Labute approximate surface area is 652 Å². The highest BCUT2D eigenvalue weighted by molar-refractivity contribution is 5.86. The molecule has 110 heavy (non-hydrogen) atoms. The second-order valence-electron chi connectivity index (χ2n) is 27.7. The molecule has 630 valence electrons. The molecule has 0 aliphatic rings. The van der Waals surface area contributed by atoms with Crippen LogP contribution in [0.3, 0.4) is 0 Å². The van der Waals surface area contributed by atoms with Gasteiger partial charge in [-0.15, -0.1) is 0 Å². The second-order valence-corrected chi connectivity index (χ2v) is 27.7. The van der Waals surface area contributed by atoms with Gasteiger partial charge in [-0.25, -0.2) is 9.59 Å². The standard InChI is InChI=1S/C80H136N6O24/c87-67(41-42-69(79(99)100)85-72(90)31-25-21-17-13-9-5-1-3-7-11-15-19-23-27-33-77(95)96)30-29-48-103-52-57-108-62-74(92)82-46-50-105-53-56-107-61-68(88)40-39-65-35-37-66(38-36-65)60-84-76(94)64-110-59-55-106-51-47-83-75(93)63-109-58-54-104-49-45-81-71(89)44-43-70(80(101)102)86-73(91)32-26-22-18-14-10-6-2-4-8-12-16-20-24-28-34-78(97)98/h35-38,69-70H,1-34,39-64H2,(H,81,89)(H,82,92)(H,83,93)(H,84,94)(H,85,90)(H,86,91)(H,95,96)(H,97,98)(H,99,100)(H,101,102)/t69-,70-/m0/s1. The molecule has 0 heterocycles. The predicted octanol–water partition coefficient (Wildman–Crippen LogP) is 8.99. The number of ether oxygens (including phenoxy) is 8. The van der Waals surface area contributed by atoms with Gasteiger partial charge in [0.15, 0.2) is 5.78 Å². The highest BCUT2D eigenvalue weighted by atomic mass is 16.5. The zero-order chi connectivity index (χ0) is 80.4. The molecule has 30 heteroatoms. The van der Waals surface area contributed by atoms with Crippen LogP contribution < -0.4 is 31.9 Å². The number of benzene rings is 1. The van der Waals surface area contributed by atoms with Crippen LogP contribution in [0.25, 0.3) is 0 Å². The van der Waals surface area contributed by atoms with Crippen LogP contribution in [-0.4, -0.2) is 229 Å². The van der Waals surface area contributed by atoms with Crippen LogP contribution in [0.2, 0.25) is 0 Å². The summed E-state index contributed by atoms with van der Waals surface area (Å²) in [4.78, 5) is 143. The number of aliphatic carboxylic acids is 4. The van der Waals surface area contributed by atoms with E-state index in [1.54, 1.807) is 0 Å². The van der Waals surface area contributed by atoms with Crippen molar-refractivity contribution in [2.75, 3.05) is 125 Å². The summed E-state index contributed by atoms with van der Waals surface area (Å²) in [7, 11) is 0. The van der Waals surface area contributed by atoms with Gasteiger partial charge in [0.1, 0.15) is 44.3 Å². The van der Waals surface area contributed by atoms with Crippen molar-refractivity contribution >= 4 is 70.9 Å². The smallest absolute Gasteiger partial charge is 0.326 e. The van der Waals surface area contributed by atoms with Crippen molar-refractivity contribution in [3.63, 3.8) is 0 Å². The molecule has 30 nitrogen and oxygen atoms in total. The molecular weight excluding hydrogens is 1430 g/mol. The lowest BCUT2D eigenvalue weighted by Crippen LogP contribution is -2.41. The first-order chi connectivity index (χ1) is 53.3. The van der Waals surface area contributed by atoms with E-state index in [0.29, 0.717) is 25.7 Å². The van der Waals surface area contributed by atoms with Crippen molar-refractivity contribution < 1.29 is 116 Å². The number of carbonyl (C=O) groups excluding carboxylic acids is 8. The summed E-state index contributed by atoms with van der Waals surface area (Å²) in [5.74, 6) is -6.02. The molecule has 0 aliphatic carbocycles. The van der Waals surface area contributed by atoms with Crippen molar-refractivity contribution in [1.82, 2.24) is 31.9 Å². The molecule has 0 fully saturated rings. The number of rotatable bonds is 82. The van der Waals surface area contributed by atoms with Gasteiger partial charge in [0.25, 0.3) is 0 Å². The Balaban J connectivity index is 1.94. The molecule has 0 bridgehead atoms. The number of amides is 6. The van der Waals surface area contributed by atoms with Gasteiger partial charge in [-0.1, -0.05) is 178 Å². The van der Waals surface area contributed by atoms with Gasteiger partial charge in [0.2, 0.25) is 35.4 Å². The number of hydrogen-bond acceptors (Lipinski definition) is 20. The molecule has 10 N–H and O–H groups in total. The van der Waals surface area contributed by atoms with Gasteiger partial charge in [-0.3, -0.25) is 47.9 Å². The Hall–Kier alpha value is -7.06. The molecule has 6 amide bonds. The maximum Gasteiger partial charge on any atom is 0.326 e. The molecule has 1 aromatic carbocycles. The molecule has 0 unspecified atom stereocenters. The van der Waals surface area contributed by atoms with Crippen molar-refractivity contribution in [3.05, 3.63) is 35.4 Å². The van der Waals surface area contributed by atoms with Crippen LogP contribution in [0.15, 0.2) is 24.3 Å². The molecule has 0 saturated heterocycles. The number of unbranched alkanes of at least 4 members (excludes halogenated alkanes) is 26. The van der Waals surface area contributed by atoms with Crippen molar-refractivity contribution in [2.24, 2.45) is 0 Å². The van der Waals surface area contributed by atoms with Crippen LogP contribution >= 0.6 is 0 Å². The molecule has 1 aromatic rings. The number of carboxylic acids is 4. The maximum absolute atomic E-state index is 12.4. The molecule has 0 aromatic heterocycles. The predicted molar refractivity (Wildman–Crippen MR) is 412 cm³/mol. The van der Waals surface area contributed by atoms with Crippen molar-refractivity contribution in [3.8, 4) is 0 Å². The zero-order valence-corrected chi connectivity index (χ0v) is 65.8. The molecule has 0 spiro atoms. The molecule has 0 saturated carbocycles. The minimum Gasteiger partial charge on any atom is -0.481 e. The number of nitrogens with one attached hydrogen (secondary N) is 6. The van der Waals surface area contributed by atoms with Crippen LogP contribution in [-0.2, 0) is 108 Å². The monoisotopic (exact) mass is 1560 g/mol. The highest BCUT2D eigenvalue weighted by Crippen LogP contribution is 2.17. The van der Waals surface area contributed by atoms with Crippen LogP contribution in [0.4, 0.5) is 0 Å². The lowest BCUT2D eigenvalue weighted by Gasteiger charge is -2.14. The molecular formula is C80H136N6O24. The lowest BCUT2D eigenvalue weighted by atomic mass is 10.0. The average Bonchev–Trinajstić information content (AvgIpc) is 0.918. The summed E-state index contributed by atoms with van der Waals surface area (Å²) >= 11 is 0. The van der Waals surface area contributed by atoms with E-state index in [4.69, 9.17) is 48.1 Å². The molecule has 1 rings (SSSR count). The van der Waals surface area contributed by atoms with Crippen LogP contribution in [0, 0.1) is 0 Å². The Morgan fingerprint density at radius 3 is 0.945 bits per heavy atom. The first kappa shape index (κ1) is 101. The third kappa shape index (κ3) is 68.9. The molecule has 0 radical (unpaired) electrons. The molecule has 0 aliphatic heterocycles. The van der Waals surface area contributed by atoms with Crippen LogP contribution in [0.5, 0.6) is 0 Å². The van der Waals surface area contributed by atoms with E-state index >= 15 is 0 Å². The Morgan fingerprint density at radius 1 is 0.264 bits per heavy atom. The SMILES string of the molecule is O=C(O)CCCCCCCCCCCCCCCCC(=O)N[C@@H](CCC(=O)CCCOCCOCC(=O)NCCOCCOCC(=O)CCc1ccc(CNC(=O)COCCOCCNC(=O)COCCOCCNC(=O)CC[C@H](NC(=O)CCCCCCCCCCCCCCCCC(=O)O)C(=O)O)cc1)C(=O)O. The minimum atomic E-state index is -1.20. The number of carboxylic acid groups (broad SMARTS) is 4. The van der Waals surface area contributed by atoms with E-state index in [0.717, 1.165) is 107 Å². The van der Waals surface area contributed by atoms with Gasteiger partial charge in [0.05, 0.1) is 72.7 Å². The highest BCUT2D eigenvalue weighted by Gasteiger charge is 2.23. The summed E-state index contributed by atoms with van der Waals surface area (Å²) in [6.45, 7) is 2.79. The first-order valence-corrected chi connectivity index (χ1v) is 40.6. The number of hydrogen-bond donors (Lipinski definition) is 10. The quantitative estimate of drug-likeness (QED) is 0.0272. The fourth-order valence-corrected chi connectivity index (χ4v) is 11.5. The number of aryl methyl sites for hydroxylation is 1. The Bertz CT molecular complexity index is 2450. The molecule has 2 atom stereocenters. The summed E-state index contributed by atoms with van der Waals surface area (Å²) in [6, 6.07) is 5.25. The summed E-state index contributed by atoms with van der Waals surface area (Å²) in [6.07, 6.45) is 32.2. The van der Waals surface area contributed by atoms with Crippen LogP contribution in [0.1, 0.15) is 262 Å². The zero-order valence-electron chi connectivity index (χ0n) is 65.8. The van der Waals surface area contributed by atoms with Gasteiger partial charge in [0, 0.05) is 84.2 Å². The number of ketones is 2. The number of Topliss-reactive ketones (excluding diaryl/α,β-unsaturated/α-hetero) is 2. The van der Waals surface area contributed by atoms with E-state index in [-0.39, 0.29) is 243 Å². The number of carbonyl (C=O) groups is 12. The average molecular weight is 1570 g/mol. The van der Waals surface area contributed by atoms with E-state index in [9.17, 15) is 67.7 Å².